The Bertz CT molecular complexity index is 476. The summed E-state index contributed by atoms with van der Waals surface area (Å²) in [6, 6.07) is 1.43. The number of rotatable bonds is 4. The number of aromatic nitrogens is 1. The standard InChI is InChI=1S/C15H19F5N2/c1-22-8-5-11(6-9-22)4-7-14(16,17)13-3-2-12(10-21-13)15(18,19)20/h2-3,10-11H,4-9H2,1H3. The monoisotopic (exact) mass is 322 g/mol. The smallest absolute Gasteiger partial charge is 0.306 e. The van der Waals surface area contributed by atoms with Crippen molar-refractivity contribution in [2.45, 2.75) is 37.8 Å². The Balaban J connectivity index is 1.95. The summed E-state index contributed by atoms with van der Waals surface area (Å²) in [6.45, 7) is 1.80. The van der Waals surface area contributed by atoms with Gasteiger partial charge in [-0.25, -0.2) is 0 Å². The second-order valence-corrected chi connectivity index (χ2v) is 5.92. The van der Waals surface area contributed by atoms with Gasteiger partial charge in [0.2, 0.25) is 0 Å². The summed E-state index contributed by atoms with van der Waals surface area (Å²) in [7, 11) is 2.00. The van der Waals surface area contributed by atoms with Crippen LogP contribution in [0.1, 0.15) is 36.9 Å². The molecule has 0 radical (unpaired) electrons. The lowest BCUT2D eigenvalue weighted by Crippen LogP contribution is -2.30. The lowest BCUT2D eigenvalue weighted by molar-refractivity contribution is -0.138. The molecule has 0 unspecified atom stereocenters. The van der Waals surface area contributed by atoms with E-state index in [0.29, 0.717) is 18.7 Å². The van der Waals surface area contributed by atoms with Gasteiger partial charge >= 0.3 is 6.18 Å². The van der Waals surface area contributed by atoms with Gasteiger partial charge in [0.1, 0.15) is 5.69 Å². The van der Waals surface area contributed by atoms with Crippen LogP contribution in [-0.4, -0.2) is 30.0 Å². The van der Waals surface area contributed by atoms with E-state index in [0.717, 1.165) is 32.0 Å². The second kappa shape index (κ2) is 6.48. The fraction of sp³-hybridized carbons (Fsp3) is 0.667. The third-order valence-electron chi connectivity index (χ3n) is 4.17. The largest absolute Gasteiger partial charge is 0.417 e. The molecule has 0 spiro atoms. The van der Waals surface area contributed by atoms with Gasteiger partial charge in [-0.2, -0.15) is 22.0 Å². The molecule has 0 aliphatic carbocycles. The minimum atomic E-state index is -4.56. The second-order valence-electron chi connectivity index (χ2n) is 5.92. The van der Waals surface area contributed by atoms with Crippen LogP contribution in [0.2, 0.25) is 0 Å². The lowest BCUT2D eigenvalue weighted by Gasteiger charge is -2.29. The van der Waals surface area contributed by atoms with Gasteiger partial charge in [-0.3, -0.25) is 4.98 Å². The van der Waals surface area contributed by atoms with E-state index in [2.05, 4.69) is 9.88 Å². The molecule has 1 aliphatic heterocycles. The van der Waals surface area contributed by atoms with Gasteiger partial charge in [-0.05, 0) is 57.5 Å². The predicted octanol–water partition coefficient (Wildman–Crippen LogP) is 4.31. The number of pyridine rings is 1. The van der Waals surface area contributed by atoms with Crippen LogP contribution in [0.15, 0.2) is 18.3 Å². The average molecular weight is 322 g/mol. The number of hydrogen-bond donors (Lipinski definition) is 0. The van der Waals surface area contributed by atoms with Crippen molar-refractivity contribution in [1.82, 2.24) is 9.88 Å². The van der Waals surface area contributed by atoms with E-state index in [1.165, 1.54) is 0 Å². The van der Waals surface area contributed by atoms with E-state index in [1.54, 1.807) is 0 Å². The highest BCUT2D eigenvalue weighted by Crippen LogP contribution is 2.36. The molecule has 0 saturated carbocycles. The van der Waals surface area contributed by atoms with Crippen molar-refractivity contribution < 1.29 is 22.0 Å². The van der Waals surface area contributed by atoms with Gasteiger partial charge in [0.05, 0.1) is 5.56 Å². The van der Waals surface area contributed by atoms with Crippen LogP contribution in [0, 0.1) is 5.92 Å². The van der Waals surface area contributed by atoms with Gasteiger partial charge in [0.25, 0.3) is 5.92 Å². The Morgan fingerprint density at radius 3 is 2.27 bits per heavy atom. The molecule has 0 amide bonds. The third-order valence-corrected chi connectivity index (χ3v) is 4.17. The molecule has 22 heavy (non-hydrogen) atoms. The summed E-state index contributed by atoms with van der Waals surface area (Å²) in [5.74, 6) is -2.94. The molecule has 0 aromatic carbocycles. The molecule has 0 bridgehead atoms. The summed E-state index contributed by atoms with van der Waals surface area (Å²) < 4.78 is 65.3. The topological polar surface area (TPSA) is 16.1 Å². The summed E-state index contributed by atoms with van der Waals surface area (Å²) >= 11 is 0. The molecule has 2 rings (SSSR count). The Hall–Kier alpha value is -1.24. The first-order chi connectivity index (χ1) is 10.2. The summed E-state index contributed by atoms with van der Waals surface area (Å²) in [5.41, 5.74) is -1.60. The molecular formula is C15H19F5N2. The van der Waals surface area contributed by atoms with Crippen molar-refractivity contribution >= 4 is 0 Å². The average Bonchev–Trinajstić information content (AvgIpc) is 2.46. The van der Waals surface area contributed by atoms with E-state index < -0.39 is 23.4 Å². The summed E-state index contributed by atoms with van der Waals surface area (Å²) in [4.78, 5) is 5.47. The molecule has 1 saturated heterocycles. The molecule has 7 heteroatoms. The fourth-order valence-electron chi connectivity index (χ4n) is 2.64. The van der Waals surface area contributed by atoms with Crippen molar-refractivity contribution in [1.29, 1.82) is 0 Å². The van der Waals surface area contributed by atoms with Gasteiger partial charge in [-0.15, -0.1) is 0 Å². The summed E-state index contributed by atoms with van der Waals surface area (Å²) in [5, 5.41) is 0. The van der Waals surface area contributed by atoms with Crippen LogP contribution in [-0.2, 0) is 12.1 Å². The maximum absolute atomic E-state index is 14.1. The number of piperidine rings is 1. The quantitative estimate of drug-likeness (QED) is 0.768. The number of alkyl halides is 5. The van der Waals surface area contributed by atoms with Crippen LogP contribution >= 0.6 is 0 Å². The van der Waals surface area contributed by atoms with E-state index in [9.17, 15) is 22.0 Å². The van der Waals surface area contributed by atoms with Crippen molar-refractivity contribution in [3.63, 3.8) is 0 Å². The Kier molecular flexibility index (Phi) is 5.04. The zero-order valence-corrected chi connectivity index (χ0v) is 12.3. The first-order valence-corrected chi connectivity index (χ1v) is 7.28. The highest BCUT2D eigenvalue weighted by Gasteiger charge is 2.36. The molecule has 0 atom stereocenters. The van der Waals surface area contributed by atoms with E-state index in [1.807, 2.05) is 7.05 Å². The van der Waals surface area contributed by atoms with Crippen molar-refractivity contribution in [3.8, 4) is 0 Å². The molecule has 0 N–H and O–H groups in total. The van der Waals surface area contributed by atoms with Gasteiger partial charge in [-0.1, -0.05) is 0 Å². The van der Waals surface area contributed by atoms with Crippen molar-refractivity contribution in [2.24, 2.45) is 5.92 Å². The zero-order chi connectivity index (χ0) is 16.4. The molecule has 1 fully saturated rings. The number of likely N-dealkylation sites (tertiary alicyclic amines) is 1. The van der Waals surface area contributed by atoms with Crippen LogP contribution in [0.4, 0.5) is 22.0 Å². The predicted molar refractivity (Wildman–Crippen MR) is 72.6 cm³/mol. The van der Waals surface area contributed by atoms with Crippen molar-refractivity contribution in [2.75, 3.05) is 20.1 Å². The van der Waals surface area contributed by atoms with Crippen LogP contribution < -0.4 is 0 Å². The number of nitrogens with zero attached hydrogens (tertiary/aromatic N) is 2. The van der Waals surface area contributed by atoms with Crippen LogP contribution in [0.5, 0.6) is 0 Å². The minimum absolute atomic E-state index is 0.247. The molecule has 2 nitrogen and oxygen atoms in total. The van der Waals surface area contributed by atoms with Gasteiger partial charge in [0, 0.05) is 12.6 Å². The first-order valence-electron chi connectivity index (χ1n) is 7.28. The van der Waals surface area contributed by atoms with Crippen LogP contribution in [0.25, 0.3) is 0 Å². The number of halogens is 5. The zero-order valence-electron chi connectivity index (χ0n) is 12.3. The van der Waals surface area contributed by atoms with Crippen molar-refractivity contribution in [3.05, 3.63) is 29.6 Å². The molecule has 1 aromatic heterocycles. The van der Waals surface area contributed by atoms with E-state index in [4.69, 9.17) is 0 Å². The first kappa shape index (κ1) is 17.1. The maximum atomic E-state index is 14.1. The lowest BCUT2D eigenvalue weighted by atomic mass is 9.90. The molecule has 1 aliphatic rings. The Morgan fingerprint density at radius 2 is 1.77 bits per heavy atom. The third kappa shape index (κ3) is 4.38. The molecular weight excluding hydrogens is 303 g/mol. The SMILES string of the molecule is CN1CCC(CCC(F)(F)c2ccc(C(F)(F)F)cn2)CC1. The van der Waals surface area contributed by atoms with Gasteiger partial charge < -0.3 is 4.90 Å². The minimum Gasteiger partial charge on any atom is -0.306 e. The molecule has 1 aromatic rings. The maximum Gasteiger partial charge on any atom is 0.417 e. The van der Waals surface area contributed by atoms with E-state index in [-0.39, 0.29) is 12.3 Å². The molecule has 124 valence electrons. The highest BCUT2D eigenvalue weighted by atomic mass is 19.4. The normalized spacial score (nSPS) is 18.6. The fourth-order valence-corrected chi connectivity index (χ4v) is 2.64. The summed E-state index contributed by atoms with van der Waals surface area (Å²) in [6.07, 6.45) is -2.34. The Morgan fingerprint density at radius 1 is 1.14 bits per heavy atom. The molecule has 2 heterocycles. The van der Waals surface area contributed by atoms with Crippen LogP contribution in [0.3, 0.4) is 0 Å². The number of hydrogen-bond acceptors (Lipinski definition) is 2. The van der Waals surface area contributed by atoms with E-state index >= 15 is 0 Å². The Labute approximate surface area is 126 Å². The van der Waals surface area contributed by atoms with Gasteiger partial charge in [0.15, 0.2) is 0 Å². The highest BCUT2D eigenvalue weighted by molar-refractivity contribution is 5.19.